The average Bonchev–Trinajstić information content (AvgIpc) is 2.09. The Morgan fingerprint density at radius 3 is 2.92 bits per heavy atom. The van der Waals surface area contributed by atoms with Crippen LogP contribution < -0.4 is 11.4 Å². The van der Waals surface area contributed by atoms with Gasteiger partial charge in [0, 0.05) is 11.8 Å². The summed E-state index contributed by atoms with van der Waals surface area (Å²) in [5, 5.41) is 0. The van der Waals surface area contributed by atoms with Crippen LogP contribution in [0.3, 0.4) is 0 Å². The molecule has 4 heteroatoms. The Morgan fingerprint density at radius 1 is 1.54 bits per heavy atom. The molecule has 0 aliphatic carbocycles. The SMILES string of the molecule is CCCCCc1c[nH]c(=O)nc1N. The summed E-state index contributed by atoms with van der Waals surface area (Å²) in [5.74, 6) is 0.361. The normalized spacial score (nSPS) is 10.2. The Kier molecular flexibility index (Phi) is 3.49. The van der Waals surface area contributed by atoms with Crippen molar-refractivity contribution in [1.82, 2.24) is 9.97 Å². The molecule has 0 atom stereocenters. The van der Waals surface area contributed by atoms with E-state index in [1.807, 2.05) is 0 Å². The van der Waals surface area contributed by atoms with Crippen molar-refractivity contribution in [3.63, 3.8) is 0 Å². The smallest absolute Gasteiger partial charge is 0.346 e. The van der Waals surface area contributed by atoms with Gasteiger partial charge in [-0.3, -0.25) is 0 Å². The maximum Gasteiger partial charge on any atom is 0.346 e. The van der Waals surface area contributed by atoms with Crippen LogP contribution in [0, 0.1) is 0 Å². The molecule has 0 spiro atoms. The number of aromatic nitrogens is 2. The third-order valence-corrected chi connectivity index (χ3v) is 1.97. The number of hydrogen-bond acceptors (Lipinski definition) is 3. The number of aromatic amines is 1. The van der Waals surface area contributed by atoms with Crippen molar-refractivity contribution < 1.29 is 0 Å². The van der Waals surface area contributed by atoms with Crippen LogP contribution in [0.15, 0.2) is 11.0 Å². The Labute approximate surface area is 77.2 Å². The van der Waals surface area contributed by atoms with Gasteiger partial charge in [-0.15, -0.1) is 0 Å². The minimum Gasteiger partial charge on any atom is -0.383 e. The number of hydrogen-bond donors (Lipinski definition) is 2. The highest BCUT2D eigenvalue weighted by Gasteiger charge is 2.00. The molecule has 1 aromatic rings. The molecule has 0 amide bonds. The minimum absolute atomic E-state index is 0.361. The van der Waals surface area contributed by atoms with Gasteiger partial charge in [-0.2, -0.15) is 4.98 Å². The van der Waals surface area contributed by atoms with Gasteiger partial charge >= 0.3 is 5.69 Å². The summed E-state index contributed by atoms with van der Waals surface area (Å²) in [5.41, 5.74) is 6.13. The van der Waals surface area contributed by atoms with Crippen LogP contribution in [0.4, 0.5) is 5.82 Å². The summed E-state index contributed by atoms with van der Waals surface area (Å²) in [6, 6.07) is 0. The zero-order valence-corrected chi connectivity index (χ0v) is 7.84. The zero-order valence-electron chi connectivity index (χ0n) is 7.84. The minimum atomic E-state index is -0.378. The lowest BCUT2D eigenvalue weighted by Crippen LogP contribution is -2.13. The van der Waals surface area contributed by atoms with Crippen LogP contribution in [0.5, 0.6) is 0 Å². The van der Waals surface area contributed by atoms with E-state index in [9.17, 15) is 4.79 Å². The van der Waals surface area contributed by atoms with Gasteiger partial charge in [-0.05, 0) is 12.8 Å². The first-order chi connectivity index (χ1) is 6.24. The molecule has 1 aromatic heterocycles. The molecular weight excluding hydrogens is 166 g/mol. The molecule has 4 nitrogen and oxygen atoms in total. The molecule has 0 saturated heterocycles. The van der Waals surface area contributed by atoms with E-state index in [1.165, 1.54) is 12.8 Å². The molecule has 0 fully saturated rings. The molecule has 0 aliphatic heterocycles. The summed E-state index contributed by atoms with van der Waals surface area (Å²) in [6.07, 6.45) is 5.99. The highest BCUT2D eigenvalue weighted by molar-refractivity contribution is 5.36. The van der Waals surface area contributed by atoms with Gasteiger partial charge in [-0.1, -0.05) is 19.8 Å². The van der Waals surface area contributed by atoms with Crippen LogP contribution in [0.25, 0.3) is 0 Å². The lowest BCUT2D eigenvalue weighted by Gasteiger charge is -2.01. The first kappa shape index (κ1) is 9.77. The molecule has 0 bridgehead atoms. The number of anilines is 1. The highest BCUT2D eigenvalue weighted by atomic mass is 16.1. The second-order valence-electron chi connectivity index (χ2n) is 3.07. The Balaban J connectivity index is 2.61. The quantitative estimate of drug-likeness (QED) is 0.683. The van der Waals surface area contributed by atoms with Gasteiger partial charge in [0.2, 0.25) is 0 Å². The van der Waals surface area contributed by atoms with Gasteiger partial charge in [-0.25, -0.2) is 4.79 Å². The molecule has 0 saturated carbocycles. The second-order valence-corrected chi connectivity index (χ2v) is 3.07. The molecule has 0 unspecified atom stereocenters. The number of nitrogens with zero attached hydrogens (tertiary/aromatic N) is 1. The zero-order chi connectivity index (χ0) is 9.68. The Hall–Kier alpha value is -1.32. The van der Waals surface area contributed by atoms with E-state index in [1.54, 1.807) is 6.20 Å². The topological polar surface area (TPSA) is 71.8 Å². The van der Waals surface area contributed by atoms with Crippen LogP contribution in [0.2, 0.25) is 0 Å². The summed E-state index contributed by atoms with van der Waals surface area (Å²) >= 11 is 0. The van der Waals surface area contributed by atoms with Gasteiger partial charge < -0.3 is 10.7 Å². The third kappa shape index (κ3) is 2.89. The van der Waals surface area contributed by atoms with E-state index < -0.39 is 0 Å². The maximum atomic E-state index is 10.7. The van der Waals surface area contributed by atoms with Crippen LogP contribution >= 0.6 is 0 Å². The van der Waals surface area contributed by atoms with Crippen molar-refractivity contribution in [2.75, 3.05) is 5.73 Å². The van der Waals surface area contributed by atoms with Crippen molar-refractivity contribution in [3.8, 4) is 0 Å². The van der Waals surface area contributed by atoms with Crippen molar-refractivity contribution in [2.45, 2.75) is 32.6 Å². The summed E-state index contributed by atoms with van der Waals surface area (Å²) < 4.78 is 0. The standard InChI is InChI=1S/C9H15N3O/c1-2-3-4-5-7-6-11-9(13)12-8(7)10/h6H,2-5H2,1H3,(H3,10,11,12,13). The fourth-order valence-corrected chi connectivity index (χ4v) is 1.20. The van der Waals surface area contributed by atoms with Gasteiger partial charge in [0.25, 0.3) is 0 Å². The first-order valence-electron chi connectivity index (χ1n) is 4.58. The molecule has 13 heavy (non-hydrogen) atoms. The van der Waals surface area contributed by atoms with E-state index in [2.05, 4.69) is 16.9 Å². The van der Waals surface area contributed by atoms with E-state index in [-0.39, 0.29) is 5.69 Å². The second kappa shape index (κ2) is 4.64. The van der Waals surface area contributed by atoms with E-state index in [0.717, 1.165) is 18.4 Å². The van der Waals surface area contributed by atoms with Gasteiger partial charge in [0.15, 0.2) is 0 Å². The lowest BCUT2D eigenvalue weighted by atomic mass is 10.1. The molecular formula is C9H15N3O. The molecule has 0 radical (unpaired) electrons. The van der Waals surface area contributed by atoms with Crippen molar-refractivity contribution >= 4 is 5.82 Å². The van der Waals surface area contributed by atoms with Crippen molar-refractivity contribution in [2.24, 2.45) is 0 Å². The lowest BCUT2D eigenvalue weighted by molar-refractivity contribution is 0.714. The van der Waals surface area contributed by atoms with Crippen LogP contribution in [-0.2, 0) is 6.42 Å². The van der Waals surface area contributed by atoms with Gasteiger partial charge in [0.05, 0.1) is 0 Å². The fraction of sp³-hybridized carbons (Fsp3) is 0.556. The van der Waals surface area contributed by atoms with Crippen molar-refractivity contribution in [3.05, 3.63) is 22.2 Å². The molecule has 1 heterocycles. The number of rotatable bonds is 4. The molecule has 0 aliphatic rings. The van der Waals surface area contributed by atoms with Gasteiger partial charge in [0.1, 0.15) is 5.82 Å². The molecule has 72 valence electrons. The molecule has 3 N–H and O–H groups in total. The monoisotopic (exact) mass is 181 g/mol. The Morgan fingerprint density at radius 2 is 2.31 bits per heavy atom. The Bertz CT molecular complexity index is 319. The molecule has 0 aromatic carbocycles. The summed E-state index contributed by atoms with van der Waals surface area (Å²) in [4.78, 5) is 16.9. The van der Waals surface area contributed by atoms with Crippen LogP contribution in [-0.4, -0.2) is 9.97 Å². The number of nitrogen functional groups attached to an aromatic ring is 1. The maximum absolute atomic E-state index is 10.7. The first-order valence-corrected chi connectivity index (χ1v) is 4.58. The van der Waals surface area contributed by atoms with E-state index in [0.29, 0.717) is 5.82 Å². The van der Waals surface area contributed by atoms with E-state index >= 15 is 0 Å². The number of nitrogens with two attached hydrogens (primary N) is 1. The predicted octanol–water partition coefficient (Wildman–Crippen LogP) is 1.08. The summed E-state index contributed by atoms with van der Waals surface area (Å²) in [6.45, 7) is 2.15. The summed E-state index contributed by atoms with van der Waals surface area (Å²) in [7, 11) is 0. The number of aryl methyl sites for hydroxylation is 1. The number of nitrogens with one attached hydrogen (secondary N) is 1. The third-order valence-electron chi connectivity index (χ3n) is 1.97. The highest BCUT2D eigenvalue weighted by Crippen LogP contribution is 2.08. The number of H-pyrrole nitrogens is 1. The fourth-order valence-electron chi connectivity index (χ4n) is 1.20. The van der Waals surface area contributed by atoms with E-state index in [4.69, 9.17) is 5.73 Å². The van der Waals surface area contributed by atoms with Crippen molar-refractivity contribution in [1.29, 1.82) is 0 Å². The predicted molar refractivity (Wildman–Crippen MR) is 52.5 cm³/mol. The van der Waals surface area contributed by atoms with Crippen LogP contribution in [0.1, 0.15) is 31.7 Å². The largest absolute Gasteiger partial charge is 0.383 e. The molecule has 1 rings (SSSR count). The average molecular weight is 181 g/mol. The number of unbranched alkanes of at least 4 members (excludes halogenated alkanes) is 2.